The number of rotatable bonds is 7. The van der Waals surface area contributed by atoms with Crippen LogP contribution in [0.25, 0.3) is 0 Å². The van der Waals surface area contributed by atoms with E-state index in [0.717, 1.165) is 37.8 Å². The van der Waals surface area contributed by atoms with Crippen molar-refractivity contribution in [3.8, 4) is 0 Å². The molecule has 0 aromatic heterocycles. The first-order valence-electron chi connectivity index (χ1n) is 9.89. The van der Waals surface area contributed by atoms with Crippen LogP contribution in [0.5, 0.6) is 0 Å². The largest absolute Gasteiger partial charge is 2.00 e. The van der Waals surface area contributed by atoms with Crippen molar-refractivity contribution in [2.24, 2.45) is 16.3 Å². The predicted octanol–water partition coefficient (Wildman–Crippen LogP) is 2.92. The number of fused-ring (bicyclic) bond motifs is 1. The smallest absolute Gasteiger partial charge is 0.352 e. The van der Waals surface area contributed by atoms with Crippen LogP contribution < -0.4 is 5.32 Å². The number of hydrogen-bond donors (Lipinski definition) is 2. The molecule has 2 saturated carbocycles. The minimum atomic E-state index is -3.14. The molecule has 2 N–H and O–H groups in total. The molecule has 9 heteroatoms. The first kappa shape index (κ1) is 25.9. The van der Waals surface area contributed by atoms with Crippen LogP contribution in [0, 0.1) is 30.0 Å². The van der Waals surface area contributed by atoms with Crippen LogP contribution in [-0.4, -0.2) is 45.0 Å². The van der Waals surface area contributed by atoms with Crippen LogP contribution in [-0.2, 0) is 63.3 Å². The minimum absolute atomic E-state index is 0. The molecule has 1 spiro atoms. The molecule has 1 aliphatic heterocycles. The first-order chi connectivity index (χ1) is 13.3. The van der Waals surface area contributed by atoms with Crippen molar-refractivity contribution in [3.05, 3.63) is 43.7 Å². The van der Waals surface area contributed by atoms with E-state index < -0.39 is 9.92 Å². The molecule has 162 valence electrons. The summed E-state index contributed by atoms with van der Waals surface area (Å²) in [7, 11) is -3.14. The van der Waals surface area contributed by atoms with E-state index in [0.29, 0.717) is 11.3 Å². The number of para-hydroxylation sites is 1. The second-order valence-corrected chi connectivity index (χ2v) is 10.5. The third-order valence-electron chi connectivity index (χ3n) is 6.42. The third kappa shape index (κ3) is 5.17. The maximum atomic E-state index is 12.4. The normalized spacial score (nSPS) is 28.2. The summed E-state index contributed by atoms with van der Waals surface area (Å²) in [5.41, 5.74) is 4.11. The summed E-state index contributed by atoms with van der Waals surface area (Å²) in [5, 5.41) is 2.96. The molecule has 1 aromatic carbocycles. The molecule has 6 nitrogen and oxygen atoms in total. The third-order valence-corrected chi connectivity index (χ3v) is 8.28. The van der Waals surface area contributed by atoms with Gasteiger partial charge in [0.15, 0.2) is 0 Å². The number of nitrogens with zero attached hydrogens (tertiary/aromatic N) is 2. The number of aliphatic imine (C=N–C) groups is 1. The predicted molar refractivity (Wildman–Crippen MR) is 112 cm³/mol. The van der Waals surface area contributed by atoms with E-state index in [1.165, 1.54) is 15.6 Å². The van der Waals surface area contributed by atoms with Gasteiger partial charge in [0.05, 0.1) is 5.69 Å². The summed E-state index contributed by atoms with van der Waals surface area (Å²) in [6.45, 7) is 7.73. The van der Waals surface area contributed by atoms with Gasteiger partial charge in [-0.3, -0.25) is 14.1 Å². The Labute approximate surface area is 208 Å². The molecule has 1 heterocycles. The molecule has 1 aromatic rings. The Bertz CT molecular complexity index is 901. The molecule has 2 fully saturated rings. The van der Waals surface area contributed by atoms with E-state index in [2.05, 4.69) is 37.4 Å². The Hall–Kier alpha value is -0.353. The summed E-state index contributed by atoms with van der Waals surface area (Å²) >= 11 is 0. The van der Waals surface area contributed by atoms with E-state index in [9.17, 15) is 9.00 Å². The van der Waals surface area contributed by atoms with Gasteiger partial charge in [-0.25, -0.2) is 8.99 Å². The monoisotopic (exact) mass is 768 g/mol. The molecular weight excluding hydrogens is 740 g/mol. The zero-order chi connectivity index (χ0) is 19.9. The van der Waals surface area contributed by atoms with Crippen LogP contribution in [0.1, 0.15) is 31.2 Å². The van der Waals surface area contributed by atoms with Gasteiger partial charge in [0.25, 0.3) is 0 Å². The van der Waals surface area contributed by atoms with Crippen molar-refractivity contribution in [1.82, 2.24) is 9.62 Å². The van der Waals surface area contributed by atoms with Gasteiger partial charge in [-0.2, -0.15) is 0 Å². The molecular formula is C21H28N4O2SW2. The van der Waals surface area contributed by atoms with Crippen molar-refractivity contribution in [3.63, 3.8) is 0 Å². The Morgan fingerprint density at radius 1 is 1.23 bits per heavy atom. The van der Waals surface area contributed by atoms with E-state index in [-0.39, 0.29) is 72.9 Å². The number of benzene rings is 1. The van der Waals surface area contributed by atoms with Gasteiger partial charge in [-0.05, 0) is 48.6 Å². The molecule has 4 rings (SSSR count). The van der Waals surface area contributed by atoms with Gasteiger partial charge in [0.1, 0.15) is 15.7 Å². The molecule has 0 radical (unpaired) electrons. The molecule has 1 amide bonds. The fourth-order valence-electron chi connectivity index (χ4n) is 4.98. The average Bonchev–Trinajstić information content (AvgIpc) is 2.99. The van der Waals surface area contributed by atoms with E-state index in [1.54, 1.807) is 0 Å². The molecule has 1 unspecified atom stereocenters. The van der Waals surface area contributed by atoms with Gasteiger partial charge in [0, 0.05) is 39.2 Å². The molecule has 3 aliphatic rings. The van der Waals surface area contributed by atoms with Gasteiger partial charge < -0.3 is 19.2 Å². The van der Waals surface area contributed by atoms with Gasteiger partial charge in [-0.1, -0.05) is 18.2 Å². The molecule has 30 heavy (non-hydrogen) atoms. The molecule has 0 bridgehead atoms. The quantitative estimate of drug-likeness (QED) is 0.419. The Balaban J connectivity index is 0.00000160. The van der Waals surface area contributed by atoms with E-state index >= 15 is 0 Å². The van der Waals surface area contributed by atoms with Gasteiger partial charge >= 0.3 is 21.1 Å². The summed E-state index contributed by atoms with van der Waals surface area (Å²) in [4.78, 5) is 17.0. The Kier molecular flexibility index (Phi) is 8.69. The minimum Gasteiger partial charge on any atom is -0.352 e. The zero-order valence-electron chi connectivity index (χ0n) is 17.0. The number of hydrogen-bond acceptors (Lipinski definition) is 4. The van der Waals surface area contributed by atoms with Crippen LogP contribution in [0.2, 0.25) is 0 Å². The van der Waals surface area contributed by atoms with Crippen molar-refractivity contribution in [1.29, 1.82) is 4.78 Å². The summed E-state index contributed by atoms with van der Waals surface area (Å²) in [6, 6.07) is 8.49. The SMILES string of the molecule is [CH2-]CN(C[CH2-])S(=N)(=O)CC(=O)NC1CC2(C1)CC(C1=Nc3ccccc3C1)C2.[W+2].[W]. The van der Waals surface area contributed by atoms with Crippen LogP contribution in [0.3, 0.4) is 0 Å². The van der Waals surface area contributed by atoms with Gasteiger partial charge in [-0.15, -0.1) is 13.1 Å². The van der Waals surface area contributed by atoms with Crippen LogP contribution in [0.4, 0.5) is 5.69 Å². The average molecular weight is 768 g/mol. The standard InChI is InChI=1S/C21H28N4O2S.2W/c1-3-25(4-2)28(22,27)14-20(26)23-17-12-21(13-17)10-16(11-21)19-9-15-7-5-6-8-18(15)24-19;;/h5-8,16-17,22H,1-4,9-14H2,(H,23,26);;/q-2;;+2. The van der Waals surface area contributed by atoms with Gasteiger partial charge in [0.2, 0.25) is 5.91 Å². The molecule has 1 atom stereocenters. The maximum absolute atomic E-state index is 12.4. The van der Waals surface area contributed by atoms with Crippen molar-refractivity contribution >= 4 is 27.2 Å². The molecule has 2 aliphatic carbocycles. The van der Waals surface area contributed by atoms with Crippen molar-refractivity contribution in [2.45, 2.75) is 38.1 Å². The maximum Gasteiger partial charge on any atom is 2.00 e. The van der Waals surface area contributed by atoms with Crippen molar-refractivity contribution < 1.29 is 51.1 Å². The summed E-state index contributed by atoms with van der Waals surface area (Å²) in [6.07, 6.45) is 5.23. The topological polar surface area (TPSA) is 85.6 Å². The number of nitrogens with one attached hydrogen (secondary N) is 2. The fourth-order valence-corrected chi connectivity index (χ4v) is 6.19. The van der Waals surface area contributed by atoms with E-state index in [1.807, 2.05) is 6.07 Å². The molecule has 0 saturated heterocycles. The zero-order valence-corrected chi connectivity index (χ0v) is 23.7. The Morgan fingerprint density at radius 3 is 2.47 bits per heavy atom. The summed E-state index contributed by atoms with van der Waals surface area (Å²) < 4.78 is 21.6. The second-order valence-electron chi connectivity index (χ2n) is 8.40. The van der Waals surface area contributed by atoms with Crippen molar-refractivity contribution in [2.75, 3.05) is 18.8 Å². The van der Waals surface area contributed by atoms with Crippen LogP contribution in [0.15, 0.2) is 29.3 Å². The number of amides is 1. The second kappa shape index (κ2) is 10.1. The van der Waals surface area contributed by atoms with Crippen LogP contribution >= 0.6 is 0 Å². The Morgan fingerprint density at radius 2 is 1.87 bits per heavy atom. The van der Waals surface area contributed by atoms with E-state index in [4.69, 9.17) is 9.77 Å². The number of carbonyl (C=O) groups is 1. The number of carbonyl (C=O) groups excluding carboxylic acids is 1. The fraction of sp³-hybridized carbons (Fsp3) is 0.524. The first-order valence-corrected chi connectivity index (χ1v) is 11.6. The summed E-state index contributed by atoms with van der Waals surface area (Å²) in [5.74, 6) is -0.0453.